The Kier molecular flexibility index (Phi) is 5.50. The van der Waals surface area contributed by atoms with Gasteiger partial charge in [0.25, 0.3) is 5.91 Å². The van der Waals surface area contributed by atoms with Crippen LogP contribution in [-0.4, -0.2) is 47.6 Å². The van der Waals surface area contributed by atoms with Gasteiger partial charge in [0, 0.05) is 37.9 Å². The van der Waals surface area contributed by atoms with E-state index in [0.29, 0.717) is 44.0 Å². The average Bonchev–Trinajstić information content (AvgIpc) is 3.17. The van der Waals surface area contributed by atoms with Crippen LogP contribution in [0.1, 0.15) is 29.7 Å². The first kappa shape index (κ1) is 17.2. The van der Waals surface area contributed by atoms with Crippen molar-refractivity contribution in [2.24, 2.45) is 0 Å². The molecule has 0 saturated carbocycles. The molecule has 1 aliphatic rings. The van der Waals surface area contributed by atoms with E-state index < -0.39 is 0 Å². The van der Waals surface area contributed by atoms with Crippen LogP contribution in [0, 0.1) is 0 Å². The van der Waals surface area contributed by atoms with Crippen LogP contribution in [0.5, 0.6) is 0 Å². The van der Waals surface area contributed by atoms with E-state index in [-0.39, 0.29) is 17.9 Å². The molecule has 0 spiro atoms. The van der Waals surface area contributed by atoms with Crippen molar-refractivity contribution in [1.82, 2.24) is 9.47 Å². The molecule has 1 aromatic heterocycles. The molecule has 0 radical (unpaired) electrons. The molecule has 2 aromatic rings. The van der Waals surface area contributed by atoms with Gasteiger partial charge in [-0.2, -0.15) is 0 Å². The van der Waals surface area contributed by atoms with Crippen LogP contribution in [0.25, 0.3) is 0 Å². The van der Waals surface area contributed by atoms with E-state index in [1.165, 1.54) is 0 Å². The number of rotatable bonds is 5. The van der Waals surface area contributed by atoms with E-state index in [2.05, 4.69) is 5.32 Å². The van der Waals surface area contributed by atoms with E-state index in [1.54, 1.807) is 17.0 Å². The van der Waals surface area contributed by atoms with Crippen molar-refractivity contribution in [2.45, 2.75) is 19.4 Å². The largest absolute Gasteiger partial charge is 0.378 e. The number of carbonyl (C=O) groups is 2. The zero-order valence-electron chi connectivity index (χ0n) is 14.4. The predicted molar refractivity (Wildman–Crippen MR) is 95.6 cm³/mol. The van der Waals surface area contributed by atoms with Crippen LogP contribution in [0.4, 0.5) is 5.69 Å². The zero-order valence-corrected chi connectivity index (χ0v) is 14.4. The molecule has 1 atom stereocenters. The second kappa shape index (κ2) is 7.98. The number of carbonyl (C=O) groups excluding carboxylic acids is 2. The van der Waals surface area contributed by atoms with Crippen molar-refractivity contribution >= 4 is 17.5 Å². The standard InChI is InChI=1S/C19H23N3O3/c1-15(21-8-4-5-9-21)14-18(23)20-17-7-3-2-6-16(17)19(24)22-10-12-25-13-11-22/h2-9,15H,10-14H2,1H3,(H,20,23). The van der Waals surface area contributed by atoms with E-state index in [0.717, 1.165) is 0 Å². The number of nitrogens with one attached hydrogen (secondary N) is 1. The average molecular weight is 341 g/mol. The molecular weight excluding hydrogens is 318 g/mol. The van der Waals surface area contributed by atoms with E-state index in [4.69, 9.17) is 4.74 Å². The second-order valence-corrected chi connectivity index (χ2v) is 6.18. The third-order valence-electron chi connectivity index (χ3n) is 4.35. The number of hydrogen-bond donors (Lipinski definition) is 1. The highest BCUT2D eigenvalue weighted by molar-refractivity contribution is 6.03. The number of ether oxygens (including phenoxy) is 1. The van der Waals surface area contributed by atoms with Crippen LogP contribution in [0.15, 0.2) is 48.8 Å². The predicted octanol–water partition coefficient (Wildman–Crippen LogP) is 2.55. The molecule has 0 aliphatic carbocycles. The molecule has 1 unspecified atom stereocenters. The van der Waals surface area contributed by atoms with Crippen LogP contribution in [0.3, 0.4) is 0 Å². The van der Waals surface area contributed by atoms with Gasteiger partial charge in [0.2, 0.25) is 5.91 Å². The Hall–Kier alpha value is -2.60. The Morgan fingerprint density at radius 2 is 1.80 bits per heavy atom. The molecule has 6 nitrogen and oxygen atoms in total. The van der Waals surface area contributed by atoms with Crippen LogP contribution in [0.2, 0.25) is 0 Å². The molecule has 2 heterocycles. The van der Waals surface area contributed by atoms with Gasteiger partial charge >= 0.3 is 0 Å². The molecule has 132 valence electrons. The number of hydrogen-bond acceptors (Lipinski definition) is 3. The Bertz CT molecular complexity index is 721. The van der Waals surface area contributed by atoms with Gasteiger partial charge in [0.05, 0.1) is 24.5 Å². The third-order valence-corrected chi connectivity index (χ3v) is 4.35. The summed E-state index contributed by atoms with van der Waals surface area (Å²) in [5.41, 5.74) is 1.08. The minimum Gasteiger partial charge on any atom is -0.378 e. The third kappa shape index (κ3) is 4.28. The Morgan fingerprint density at radius 3 is 2.52 bits per heavy atom. The second-order valence-electron chi connectivity index (χ2n) is 6.18. The summed E-state index contributed by atoms with van der Waals surface area (Å²) in [7, 11) is 0. The molecule has 6 heteroatoms. The van der Waals surface area contributed by atoms with E-state index in [9.17, 15) is 9.59 Å². The molecule has 1 aliphatic heterocycles. The smallest absolute Gasteiger partial charge is 0.256 e. The lowest BCUT2D eigenvalue weighted by molar-refractivity contribution is -0.116. The number of nitrogens with zero attached hydrogens (tertiary/aromatic N) is 2. The first-order chi connectivity index (χ1) is 12.1. The van der Waals surface area contributed by atoms with Gasteiger partial charge in [-0.05, 0) is 31.2 Å². The fraction of sp³-hybridized carbons (Fsp3) is 0.368. The highest BCUT2D eigenvalue weighted by Gasteiger charge is 2.21. The van der Waals surface area contributed by atoms with Gasteiger partial charge in [-0.25, -0.2) is 0 Å². The molecule has 1 saturated heterocycles. The Labute approximate surface area is 147 Å². The van der Waals surface area contributed by atoms with Crippen molar-refractivity contribution in [3.63, 3.8) is 0 Å². The van der Waals surface area contributed by atoms with E-state index in [1.807, 2.05) is 48.1 Å². The molecule has 2 amide bonds. The number of amides is 2. The minimum absolute atomic E-state index is 0.0529. The quantitative estimate of drug-likeness (QED) is 0.909. The fourth-order valence-corrected chi connectivity index (χ4v) is 2.93. The van der Waals surface area contributed by atoms with Crippen molar-refractivity contribution in [3.8, 4) is 0 Å². The molecule has 3 rings (SSSR count). The van der Waals surface area contributed by atoms with Gasteiger partial charge < -0.3 is 19.5 Å². The number of para-hydroxylation sites is 1. The van der Waals surface area contributed by atoms with Crippen LogP contribution < -0.4 is 5.32 Å². The SMILES string of the molecule is CC(CC(=O)Nc1ccccc1C(=O)N1CCOCC1)n1cccc1. The Balaban J connectivity index is 1.68. The summed E-state index contributed by atoms with van der Waals surface area (Å²) in [6.07, 6.45) is 4.22. The van der Waals surface area contributed by atoms with Crippen LogP contribution >= 0.6 is 0 Å². The number of benzene rings is 1. The lowest BCUT2D eigenvalue weighted by atomic mass is 10.1. The summed E-state index contributed by atoms with van der Waals surface area (Å²) in [4.78, 5) is 26.9. The summed E-state index contributed by atoms with van der Waals surface area (Å²) >= 11 is 0. The van der Waals surface area contributed by atoms with E-state index >= 15 is 0 Å². The number of aromatic nitrogens is 1. The van der Waals surface area contributed by atoms with Crippen LogP contribution in [-0.2, 0) is 9.53 Å². The van der Waals surface area contributed by atoms with Gasteiger partial charge in [-0.15, -0.1) is 0 Å². The monoisotopic (exact) mass is 341 g/mol. The fourth-order valence-electron chi connectivity index (χ4n) is 2.93. The first-order valence-corrected chi connectivity index (χ1v) is 8.53. The molecule has 1 N–H and O–H groups in total. The maximum Gasteiger partial charge on any atom is 0.256 e. The lowest BCUT2D eigenvalue weighted by Gasteiger charge is -2.27. The summed E-state index contributed by atoms with van der Waals surface area (Å²) in [5, 5.41) is 2.89. The minimum atomic E-state index is -0.108. The normalized spacial score (nSPS) is 15.6. The van der Waals surface area contributed by atoms with Crippen molar-refractivity contribution in [2.75, 3.05) is 31.6 Å². The first-order valence-electron chi connectivity index (χ1n) is 8.53. The van der Waals surface area contributed by atoms with Gasteiger partial charge in [0.15, 0.2) is 0 Å². The molecule has 1 aromatic carbocycles. The Morgan fingerprint density at radius 1 is 1.12 bits per heavy atom. The summed E-state index contributed by atoms with van der Waals surface area (Å²) in [6, 6.07) is 11.1. The summed E-state index contributed by atoms with van der Waals surface area (Å²) in [5.74, 6) is -0.180. The number of anilines is 1. The molecular formula is C19H23N3O3. The summed E-state index contributed by atoms with van der Waals surface area (Å²) < 4.78 is 7.28. The topological polar surface area (TPSA) is 63.6 Å². The van der Waals surface area contributed by atoms with Gasteiger partial charge in [-0.1, -0.05) is 12.1 Å². The molecule has 25 heavy (non-hydrogen) atoms. The maximum absolute atomic E-state index is 12.7. The van der Waals surface area contributed by atoms with Gasteiger partial charge in [-0.3, -0.25) is 9.59 Å². The molecule has 1 fully saturated rings. The van der Waals surface area contributed by atoms with Crippen molar-refractivity contribution < 1.29 is 14.3 Å². The lowest BCUT2D eigenvalue weighted by Crippen LogP contribution is -2.41. The molecule has 0 bridgehead atoms. The highest BCUT2D eigenvalue weighted by atomic mass is 16.5. The van der Waals surface area contributed by atoms with Crippen molar-refractivity contribution in [3.05, 3.63) is 54.4 Å². The summed E-state index contributed by atoms with van der Waals surface area (Å²) in [6.45, 7) is 4.24. The highest BCUT2D eigenvalue weighted by Crippen LogP contribution is 2.20. The number of morpholine rings is 1. The maximum atomic E-state index is 12.7. The van der Waals surface area contributed by atoms with Gasteiger partial charge in [0.1, 0.15) is 0 Å². The van der Waals surface area contributed by atoms with Crippen molar-refractivity contribution in [1.29, 1.82) is 0 Å². The zero-order chi connectivity index (χ0) is 17.6.